The highest BCUT2D eigenvalue weighted by Gasteiger charge is 2.22. The van der Waals surface area contributed by atoms with Crippen LogP contribution in [0.4, 0.5) is 11.4 Å². The summed E-state index contributed by atoms with van der Waals surface area (Å²) in [4.78, 5) is 13.5. The van der Waals surface area contributed by atoms with Gasteiger partial charge < -0.3 is 10.6 Å². The van der Waals surface area contributed by atoms with Crippen molar-refractivity contribution < 1.29 is 4.79 Å². The molecule has 0 fully saturated rings. The normalized spacial score (nSPS) is 11.7. The lowest BCUT2D eigenvalue weighted by molar-refractivity contribution is -0.115. The molecule has 0 spiro atoms. The summed E-state index contributed by atoms with van der Waals surface area (Å²) in [5, 5.41) is 21.7. The van der Waals surface area contributed by atoms with E-state index < -0.39 is 0 Å². The number of hydrogen-bond acceptors (Lipinski definition) is 5. The lowest BCUT2D eigenvalue weighted by Crippen LogP contribution is -2.19. The van der Waals surface area contributed by atoms with E-state index in [2.05, 4.69) is 69.9 Å². The number of hydrogen-bond donors (Lipinski definition) is 3. The second-order valence-electron chi connectivity index (χ2n) is 10.9. The van der Waals surface area contributed by atoms with Gasteiger partial charge in [0, 0.05) is 18.0 Å². The molecule has 7 nitrogen and oxygen atoms in total. The summed E-state index contributed by atoms with van der Waals surface area (Å²) in [6.45, 7) is 11.3. The van der Waals surface area contributed by atoms with Crippen LogP contribution in [0.3, 0.4) is 0 Å². The monoisotopic (exact) mass is 556 g/mol. The van der Waals surface area contributed by atoms with E-state index in [1.807, 2.05) is 85.8 Å². The average molecular weight is 557 g/mol. The smallest absolute Gasteiger partial charge is 0.228 e. The van der Waals surface area contributed by atoms with Gasteiger partial charge in [-0.1, -0.05) is 104 Å². The molecule has 7 heteroatoms. The summed E-state index contributed by atoms with van der Waals surface area (Å²) >= 11 is 0. The number of nitrogens with zero attached hydrogens (tertiary/aromatic N) is 3. The lowest BCUT2D eigenvalue weighted by Gasteiger charge is -2.25. The molecule has 3 N–H and O–H groups in total. The number of H-pyrrole nitrogens is 1. The Labute approximate surface area is 247 Å². The Kier molecular flexibility index (Phi) is 8.87. The SMILES string of the molecule is C=CC(c1ccccc1)c1cc(-c2ccccc2-c2nn[nH]n2)cc(NC(=O)Cc2ccc(C)cc2)c1NCC(C)C. The van der Waals surface area contributed by atoms with Crippen molar-refractivity contribution in [2.24, 2.45) is 5.92 Å². The molecule has 0 bridgehead atoms. The van der Waals surface area contributed by atoms with E-state index in [9.17, 15) is 4.79 Å². The highest BCUT2D eigenvalue weighted by Crippen LogP contribution is 2.42. The summed E-state index contributed by atoms with van der Waals surface area (Å²) in [5.74, 6) is 0.690. The van der Waals surface area contributed by atoms with Crippen LogP contribution in [0, 0.1) is 12.8 Å². The Morgan fingerprint density at radius 1 is 0.952 bits per heavy atom. The lowest BCUT2D eigenvalue weighted by atomic mass is 9.86. The van der Waals surface area contributed by atoms with Crippen molar-refractivity contribution in [1.82, 2.24) is 20.6 Å². The molecule has 1 heterocycles. The fraction of sp³-hybridized carbons (Fsp3) is 0.200. The van der Waals surface area contributed by atoms with Crippen molar-refractivity contribution in [3.63, 3.8) is 0 Å². The zero-order chi connectivity index (χ0) is 29.5. The number of carbonyl (C=O) groups excluding carboxylic acids is 1. The fourth-order valence-electron chi connectivity index (χ4n) is 5.06. The maximum atomic E-state index is 13.5. The Bertz CT molecular complexity index is 1640. The Balaban J connectivity index is 1.67. The van der Waals surface area contributed by atoms with Crippen LogP contribution in [0.2, 0.25) is 0 Å². The first-order valence-electron chi connectivity index (χ1n) is 14.2. The van der Waals surface area contributed by atoms with Crippen LogP contribution in [0.1, 0.15) is 42.0 Å². The number of aromatic amines is 1. The highest BCUT2D eigenvalue weighted by molar-refractivity contribution is 5.98. The number of nitrogens with one attached hydrogen (secondary N) is 3. The van der Waals surface area contributed by atoms with E-state index in [1.165, 1.54) is 0 Å². The number of amides is 1. The Hall–Kier alpha value is -5.04. The summed E-state index contributed by atoms with van der Waals surface area (Å²) in [6.07, 6.45) is 2.23. The number of anilines is 2. The van der Waals surface area contributed by atoms with Crippen molar-refractivity contribution in [3.05, 3.63) is 126 Å². The van der Waals surface area contributed by atoms with Crippen molar-refractivity contribution >= 4 is 17.3 Å². The predicted octanol–water partition coefficient (Wildman–Crippen LogP) is 7.41. The van der Waals surface area contributed by atoms with Crippen molar-refractivity contribution in [1.29, 1.82) is 0 Å². The van der Waals surface area contributed by atoms with Crippen LogP contribution in [0.5, 0.6) is 0 Å². The Morgan fingerprint density at radius 3 is 2.33 bits per heavy atom. The van der Waals surface area contributed by atoms with Crippen molar-refractivity contribution in [2.45, 2.75) is 33.1 Å². The van der Waals surface area contributed by atoms with Crippen LogP contribution in [-0.4, -0.2) is 33.1 Å². The fourth-order valence-corrected chi connectivity index (χ4v) is 5.06. The number of aromatic nitrogens is 4. The standard InChI is InChI=1S/C35H36N6O/c1-5-28(26-11-7-6-8-12-26)31-20-27(29-13-9-10-14-30(29)35-38-40-41-39-35)21-32(34(31)36-22-23(2)3)37-33(42)19-25-17-15-24(4)16-18-25/h5-18,20-21,23,28,36H,1,19,22H2,2-4H3,(H,37,42)(H,38,39,40,41). The van der Waals surface area contributed by atoms with Gasteiger partial charge in [-0.2, -0.15) is 5.21 Å². The first kappa shape index (κ1) is 28.5. The van der Waals surface area contributed by atoms with E-state index in [1.54, 1.807) is 0 Å². The van der Waals surface area contributed by atoms with Crippen LogP contribution in [0.15, 0.2) is 104 Å². The van der Waals surface area contributed by atoms with Crippen molar-refractivity contribution in [3.8, 4) is 22.5 Å². The van der Waals surface area contributed by atoms with E-state index >= 15 is 0 Å². The summed E-state index contributed by atoms with van der Waals surface area (Å²) in [7, 11) is 0. The zero-order valence-electron chi connectivity index (χ0n) is 24.3. The van der Waals surface area contributed by atoms with Gasteiger partial charge in [0.05, 0.1) is 17.8 Å². The Morgan fingerprint density at radius 2 is 1.67 bits per heavy atom. The zero-order valence-corrected chi connectivity index (χ0v) is 24.3. The predicted molar refractivity (Wildman–Crippen MR) is 170 cm³/mol. The largest absolute Gasteiger partial charge is 0.383 e. The molecule has 0 radical (unpaired) electrons. The maximum absolute atomic E-state index is 13.5. The average Bonchev–Trinajstić information content (AvgIpc) is 3.54. The number of benzene rings is 4. The van der Waals surface area contributed by atoms with Crippen LogP contribution in [0.25, 0.3) is 22.5 Å². The minimum absolute atomic E-state index is 0.0872. The van der Waals surface area contributed by atoms with E-state index in [0.29, 0.717) is 17.4 Å². The third kappa shape index (κ3) is 6.63. The van der Waals surface area contributed by atoms with E-state index in [0.717, 1.165) is 51.2 Å². The molecule has 1 atom stereocenters. The molecule has 1 unspecified atom stereocenters. The first-order chi connectivity index (χ1) is 20.4. The molecule has 0 saturated heterocycles. The van der Waals surface area contributed by atoms with Gasteiger partial charge >= 0.3 is 0 Å². The van der Waals surface area contributed by atoms with Crippen LogP contribution >= 0.6 is 0 Å². The molecule has 1 aromatic heterocycles. The quantitative estimate of drug-likeness (QED) is 0.147. The molecule has 1 amide bonds. The molecule has 4 aromatic carbocycles. The summed E-state index contributed by atoms with van der Waals surface area (Å²) < 4.78 is 0. The topological polar surface area (TPSA) is 95.6 Å². The number of tetrazole rings is 1. The molecule has 0 saturated carbocycles. The number of aryl methyl sites for hydroxylation is 1. The van der Waals surface area contributed by atoms with Gasteiger partial charge in [-0.3, -0.25) is 4.79 Å². The molecule has 0 aliphatic rings. The second kappa shape index (κ2) is 13.1. The molecule has 42 heavy (non-hydrogen) atoms. The molecule has 5 aromatic rings. The third-order valence-corrected chi connectivity index (χ3v) is 7.17. The van der Waals surface area contributed by atoms with E-state index in [4.69, 9.17) is 0 Å². The van der Waals surface area contributed by atoms with Gasteiger partial charge in [-0.15, -0.1) is 16.8 Å². The minimum Gasteiger partial charge on any atom is -0.383 e. The van der Waals surface area contributed by atoms with Crippen LogP contribution in [-0.2, 0) is 11.2 Å². The van der Waals surface area contributed by atoms with Gasteiger partial charge in [0.2, 0.25) is 11.7 Å². The molecule has 212 valence electrons. The van der Waals surface area contributed by atoms with Crippen molar-refractivity contribution in [2.75, 3.05) is 17.2 Å². The van der Waals surface area contributed by atoms with Gasteiger partial charge in [0.15, 0.2) is 0 Å². The summed E-state index contributed by atoms with van der Waals surface area (Å²) in [5.41, 5.74) is 8.54. The number of carbonyl (C=O) groups is 1. The molecule has 5 rings (SSSR count). The number of rotatable bonds is 11. The highest BCUT2D eigenvalue weighted by atomic mass is 16.1. The molecular weight excluding hydrogens is 520 g/mol. The van der Waals surface area contributed by atoms with Gasteiger partial charge in [0.25, 0.3) is 0 Å². The van der Waals surface area contributed by atoms with Gasteiger partial charge in [-0.05, 0) is 58.0 Å². The number of allylic oxidation sites excluding steroid dienone is 1. The molecular formula is C35H36N6O. The molecule has 0 aliphatic carbocycles. The second-order valence-corrected chi connectivity index (χ2v) is 10.9. The maximum Gasteiger partial charge on any atom is 0.228 e. The molecule has 0 aliphatic heterocycles. The van der Waals surface area contributed by atoms with Gasteiger partial charge in [0.1, 0.15) is 0 Å². The first-order valence-corrected chi connectivity index (χ1v) is 14.2. The summed E-state index contributed by atoms with van der Waals surface area (Å²) in [6, 6.07) is 30.5. The third-order valence-electron chi connectivity index (χ3n) is 7.17. The minimum atomic E-state index is -0.120. The van der Waals surface area contributed by atoms with Gasteiger partial charge in [-0.25, -0.2) is 0 Å². The van der Waals surface area contributed by atoms with Crippen LogP contribution < -0.4 is 10.6 Å². The van der Waals surface area contributed by atoms with E-state index in [-0.39, 0.29) is 18.2 Å².